The molecular weight excluding hydrogens is 623 g/mol. The van der Waals surface area contributed by atoms with Gasteiger partial charge >= 0.3 is 0 Å². The predicted octanol–water partition coefficient (Wildman–Crippen LogP) is 4.88. The summed E-state index contributed by atoms with van der Waals surface area (Å²) in [5, 5.41) is 10.3. The van der Waals surface area contributed by atoms with Gasteiger partial charge < -0.3 is 29.3 Å². The van der Waals surface area contributed by atoms with E-state index in [-0.39, 0.29) is 36.8 Å². The second kappa shape index (κ2) is 12.6. The van der Waals surface area contributed by atoms with Crippen LogP contribution in [0.25, 0.3) is 0 Å². The summed E-state index contributed by atoms with van der Waals surface area (Å²) in [5.74, 6) is -0.627. The Morgan fingerprint density at radius 2 is 1.75 bits per heavy atom. The van der Waals surface area contributed by atoms with Gasteiger partial charge in [0.2, 0.25) is 11.8 Å². The maximum absolute atomic E-state index is 14.8. The summed E-state index contributed by atoms with van der Waals surface area (Å²) in [6, 6.07) is 23.2. The second-order valence-electron chi connectivity index (χ2n) is 14.5. The van der Waals surface area contributed by atoms with Gasteiger partial charge in [-0.3, -0.25) is 14.4 Å². The Morgan fingerprint density at radius 3 is 2.50 bits per heavy atom. The first-order valence-corrected chi connectivity index (χ1v) is 20.2. The molecule has 3 amide bonds. The Labute approximate surface area is 283 Å². The van der Waals surface area contributed by atoms with E-state index in [1.54, 1.807) is 9.80 Å². The average molecular weight is 668 g/mol. The van der Waals surface area contributed by atoms with Gasteiger partial charge in [-0.15, -0.1) is 0 Å². The van der Waals surface area contributed by atoms with Crippen LogP contribution in [0.1, 0.15) is 54.9 Å². The van der Waals surface area contributed by atoms with Crippen LogP contribution >= 0.6 is 0 Å². The molecule has 0 radical (unpaired) electrons. The fraction of sp³-hybridized carbons (Fsp3) is 0.447. The monoisotopic (exact) mass is 667 g/mol. The number of carbonyl (C=O) groups excluding carboxylic acids is 3. The standard InChI is InChI=1S/C38H45N3O6Si/c1-25-36(48(2,3)46)33(21-35(44)40-23-28-13-5-4-12-27(28)20-30(40)24-42)47-38(25)31-15-6-7-16-32(31)41(37(38)45)22-26-11-10-14-29(19-26)39-18-9-8-17-34(39)43/h4-7,10-16,19,25,30,33,36,42,46H,8-9,17-18,20-24H2,1-3H3/t25-,30-,33+,36-,38+/m0/s1. The molecule has 2 N–H and O–H groups in total. The van der Waals surface area contributed by atoms with Crippen molar-refractivity contribution in [3.8, 4) is 0 Å². The topological polar surface area (TPSA) is 111 Å². The maximum atomic E-state index is 14.8. The van der Waals surface area contributed by atoms with E-state index in [4.69, 9.17) is 4.74 Å². The zero-order valence-corrected chi connectivity index (χ0v) is 29.0. The largest absolute Gasteiger partial charge is 0.432 e. The Morgan fingerprint density at radius 1 is 1.00 bits per heavy atom. The zero-order chi connectivity index (χ0) is 33.8. The first-order valence-electron chi connectivity index (χ1n) is 17.2. The molecule has 4 heterocycles. The number of carbonyl (C=O) groups is 3. The van der Waals surface area contributed by atoms with Crippen LogP contribution in [0.2, 0.25) is 18.6 Å². The summed E-state index contributed by atoms with van der Waals surface area (Å²) in [6.45, 7) is 6.93. The number of piperidine rings is 1. The van der Waals surface area contributed by atoms with Crippen molar-refractivity contribution < 1.29 is 29.0 Å². The molecule has 48 heavy (non-hydrogen) atoms. The maximum Gasteiger partial charge on any atom is 0.264 e. The molecule has 10 heteroatoms. The molecule has 1 spiro atoms. The molecule has 9 nitrogen and oxygen atoms in total. The first-order chi connectivity index (χ1) is 23.0. The van der Waals surface area contributed by atoms with Gasteiger partial charge in [0.05, 0.1) is 37.4 Å². The first kappa shape index (κ1) is 32.7. The lowest BCUT2D eigenvalue weighted by Gasteiger charge is -2.37. The molecule has 2 saturated heterocycles. The van der Waals surface area contributed by atoms with Gasteiger partial charge in [-0.25, -0.2) is 0 Å². The van der Waals surface area contributed by atoms with E-state index < -0.39 is 31.5 Å². The van der Waals surface area contributed by atoms with Gasteiger partial charge in [-0.05, 0) is 67.2 Å². The number of hydrogen-bond donors (Lipinski definition) is 2. The van der Waals surface area contributed by atoms with Crippen LogP contribution in [0, 0.1) is 5.92 Å². The lowest BCUT2D eigenvalue weighted by Crippen LogP contribution is -2.48. The number of rotatable bonds is 7. The summed E-state index contributed by atoms with van der Waals surface area (Å²) >= 11 is 0. The number of nitrogens with zero attached hydrogens (tertiary/aromatic N) is 3. The normalized spacial score (nSPS) is 27.1. The number of anilines is 2. The van der Waals surface area contributed by atoms with Gasteiger partial charge in [0.15, 0.2) is 13.9 Å². The SMILES string of the molecule is C[C@H]1[C@H]([Si](C)(C)O)[C@@H](CC(=O)N2Cc3ccccc3C[C@H]2CO)O[C@]12C(=O)N(Cc1cccc(N3CCCCC3=O)c1)c1ccccc12. The van der Waals surface area contributed by atoms with Gasteiger partial charge in [-0.1, -0.05) is 61.5 Å². The van der Waals surface area contributed by atoms with E-state index in [0.29, 0.717) is 32.5 Å². The molecule has 0 bridgehead atoms. The van der Waals surface area contributed by atoms with Crippen molar-refractivity contribution in [2.45, 2.75) is 88.5 Å². The molecule has 0 aliphatic carbocycles. The highest BCUT2D eigenvalue weighted by molar-refractivity contribution is 6.71. The van der Waals surface area contributed by atoms with Gasteiger partial charge in [0.1, 0.15) is 0 Å². The molecule has 7 rings (SSSR count). The lowest BCUT2D eigenvalue weighted by molar-refractivity contribution is -0.151. The van der Waals surface area contributed by atoms with Crippen molar-refractivity contribution in [1.82, 2.24) is 4.90 Å². The van der Waals surface area contributed by atoms with Crippen molar-refractivity contribution in [2.75, 3.05) is 23.0 Å². The van der Waals surface area contributed by atoms with Crippen molar-refractivity contribution in [2.24, 2.45) is 5.92 Å². The third-order valence-electron chi connectivity index (χ3n) is 11.0. The van der Waals surface area contributed by atoms with E-state index in [0.717, 1.165) is 46.5 Å². The number of aliphatic hydroxyl groups is 1. The minimum Gasteiger partial charge on any atom is -0.432 e. The molecule has 4 aliphatic heterocycles. The smallest absolute Gasteiger partial charge is 0.264 e. The third-order valence-corrected chi connectivity index (χ3v) is 13.5. The lowest BCUT2D eigenvalue weighted by atomic mass is 9.82. The van der Waals surface area contributed by atoms with Crippen LogP contribution < -0.4 is 9.80 Å². The highest BCUT2D eigenvalue weighted by Gasteiger charge is 2.66. The number of ether oxygens (including phenoxy) is 1. The average Bonchev–Trinajstić information content (AvgIpc) is 3.50. The van der Waals surface area contributed by atoms with E-state index in [1.807, 2.05) is 97.7 Å². The van der Waals surface area contributed by atoms with Crippen molar-refractivity contribution >= 4 is 37.4 Å². The van der Waals surface area contributed by atoms with E-state index in [2.05, 4.69) is 0 Å². The molecule has 3 aromatic carbocycles. The molecule has 4 aliphatic rings. The van der Waals surface area contributed by atoms with E-state index >= 15 is 0 Å². The molecule has 0 aromatic heterocycles. The Bertz CT molecular complexity index is 1740. The van der Waals surface area contributed by atoms with Crippen molar-refractivity contribution in [3.63, 3.8) is 0 Å². The quantitative estimate of drug-likeness (QED) is 0.348. The third kappa shape index (κ3) is 5.48. The Kier molecular flexibility index (Phi) is 8.56. The van der Waals surface area contributed by atoms with Crippen LogP contribution in [0.15, 0.2) is 72.8 Å². The fourth-order valence-electron chi connectivity index (χ4n) is 8.80. The summed E-state index contributed by atoms with van der Waals surface area (Å²) in [4.78, 5) is 58.6. The minimum absolute atomic E-state index is 0.00771. The van der Waals surface area contributed by atoms with Gasteiger partial charge in [-0.2, -0.15) is 0 Å². The zero-order valence-electron chi connectivity index (χ0n) is 28.0. The Balaban J connectivity index is 1.19. The highest BCUT2D eigenvalue weighted by Crippen LogP contribution is 2.59. The molecule has 2 fully saturated rings. The minimum atomic E-state index is -2.98. The summed E-state index contributed by atoms with van der Waals surface area (Å²) < 4.78 is 6.92. The van der Waals surface area contributed by atoms with E-state index in [9.17, 15) is 24.3 Å². The highest BCUT2D eigenvalue weighted by atomic mass is 28.4. The molecule has 3 aromatic rings. The molecule has 0 unspecified atom stereocenters. The van der Waals surface area contributed by atoms with Gasteiger partial charge in [0, 0.05) is 42.2 Å². The van der Waals surface area contributed by atoms with Crippen molar-refractivity contribution in [1.29, 1.82) is 0 Å². The van der Waals surface area contributed by atoms with Crippen molar-refractivity contribution in [3.05, 3.63) is 95.1 Å². The molecule has 252 valence electrons. The number of aliphatic hydroxyl groups excluding tert-OH is 1. The summed E-state index contributed by atoms with van der Waals surface area (Å²) in [7, 11) is -2.98. The van der Waals surface area contributed by atoms with Crippen LogP contribution in [0.4, 0.5) is 11.4 Å². The number of fused-ring (bicyclic) bond motifs is 3. The fourth-order valence-corrected chi connectivity index (χ4v) is 11.4. The predicted molar refractivity (Wildman–Crippen MR) is 186 cm³/mol. The number of para-hydroxylation sites is 1. The van der Waals surface area contributed by atoms with Gasteiger partial charge in [0.25, 0.3) is 5.91 Å². The number of benzene rings is 3. The number of amides is 3. The van der Waals surface area contributed by atoms with Crippen LogP contribution in [0.5, 0.6) is 0 Å². The molecule has 0 saturated carbocycles. The van der Waals surface area contributed by atoms with E-state index in [1.165, 1.54) is 0 Å². The number of hydrogen-bond acceptors (Lipinski definition) is 6. The summed E-state index contributed by atoms with van der Waals surface area (Å²) in [6.07, 6.45) is 2.31. The second-order valence-corrected chi connectivity index (χ2v) is 18.4. The Hall–Kier alpha value is -3.83. The summed E-state index contributed by atoms with van der Waals surface area (Å²) in [5.41, 5.74) is 3.69. The molecular formula is C38H45N3O6Si. The molecule has 5 atom stereocenters. The van der Waals surface area contributed by atoms with Crippen LogP contribution in [-0.2, 0) is 44.2 Å². The van der Waals surface area contributed by atoms with Crippen LogP contribution in [-0.4, -0.2) is 66.1 Å². The van der Waals surface area contributed by atoms with Crippen LogP contribution in [0.3, 0.4) is 0 Å².